The van der Waals surface area contributed by atoms with Gasteiger partial charge in [-0.2, -0.15) is 0 Å². The maximum absolute atomic E-state index is 5.91. The molecule has 1 N–H and O–H groups in total. The number of rotatable bonds is 5. The molecule has 6 heteroatoms. The first-order valence-corrected chi connectivity index (χ1v) is 9.14. The summed E-state index contributed by atoms with van der Waals surface area (Å²) in [5.74, 6) is 1.63. The van der Waals surface area contributed by atoms with Crippen LogP contribution in [0.4, 0.5) is 5.82 Å². The molecule has 1 atom stereocenters. The van der Waals surface area contributed by atoms with Gasteiger partial charge in [0.1, 0.15) is 17.0 Å². The quantitative estimate of drug-likeness (QED) is 0.911. The van der Waals surface area contributed by atoms with Gasteiger partial charge in [0.15, 0.2) is 0 Å². The maximum atomic E-state index is 5.91. The Morgan fingerprint density at radius 1 is 1.39 bits per heavy atom. The average Bonchev–Trinajstić information content (AvgIpc) is 2.80. The van der Waals surface area contributed by atoms with Gasteiger partial charge in [0.2, 0.25) is 0 Å². The van der Waals surface area contributed by atoms with E-state index in [-0.39, 0.29) is 6.10 Å². The smallest absolute Gasteiger partial charge is 0.138 e. The fourth-order valence-corrected chi connectivity index (χ4v) is 4.11. The normalized spacial score (nSPS) is 19.6. The summed E-state index contributed by atoms with van der Waals surface area (Å²) in [5.41, 5.74) is 1.28. The van der Waals surface area contributed by atoms with Crippen molar-refractivity contribution in [1.82, 2.24) is 14.9 Å². The molecule has 23 heavy (non-hydrogen) atoms. The van der Waals surface area contributed by atoms with Crippen LogP contribution >= 0.6 is 11.3 Å². The minimum atomic E-state index is 0.215. The molecule has 3 rings (SSSR count). The first kappa shape index (κ1) is 16.6. The molecule has 2 aromatic rings. The molecule has 0 aliphatic carbocycles. The molecule has 1 unspecified atom stereocenters. The summed E-state index contributed by atoms with van der Waals surface area (Å²) in [4.78, 5) is 13.7. The number of aromatic nitrogens is 2. The van der Waals surface area contributed by atoms with E-state index in [1.54, 1.807) is 17.7 Å². The third-order valence-electron chi connectivity index (χ3n) is 4.31. The number of nitrogens with one attached hydrogen (secondary N) is 1. The van der Waals surface area contributed by atoms with Crippen LogP contribution in [0, 0.1) is 19.8 Å². The molecular formula is C17H26N4OS. The highest BCUT2D eigenvalue weighted by atomic mass is 32.1. The first-order chi connectivity index (χ1) is 11.0. The van der Waals surface area contributed by atoms with E-state index in [1.165, 1.54) is 10.4 Å². The minimum absolute atomic E-state index is 0.215. The Kier molecular flexibility index (Phi) is 5.14. The topological polar surface area (TPSA) is 50.3 Å². The van der Waals surface area contributed by atoms with Crippen LogP contribution in [-0.4, -0.2) is 53.8 Å². The lowest BCUT2D eigenvalue weighted by Crippen LogP contribution is -2.46. The van der Waals surface area contributed by atoms with E-state index < -0.39 is 0 Å². The number of ether oxygens (including phenoxy) is 1. The second kappa shape index (κ2) is 7.11. The zero-order chi connectivity index (χ0) is 16.4. The summed E-state index contributed by atoms with van der Waals surface area (Å²) in [6.45, 7) is 13.6. The number of morpholine rings is 1. The summed E-state index contributed by atoms with van der Waals surface area (Å²) in [7, 11) is 0. The minimum Gasteiger partial charge on any atom is -0.374 e. The van der Waals surface area contributed by atoms with Crippen molar-refractivity contribution >= 4 is 27.4 Å². The number of aryl methyl sites for hydroxylation is 2. The van der Waals surface area contributed by atoms with E-state index in [0.717, 1.165) is 48.8 Å². The Hall–Kier alpha value is -1.24. The summed E-state index contributed by atoms with van der Waals surface area (Å²) in [5, 5.41) is 4.65. The third kappa shape index (κ3) is 3.82. The molecule has 1 fully saturated rings. The molecule has 1 aliphatic heterocycles. The lowest BCUT2D eigenvalue weighted by Gasteiger charge is -2.34. The highest BCUT2D eigenvalue weighted by Gasteiger charge is 2.21. The maximum Gasteiger partial charge on any atom is 0.138 e. The fraction of sp³-hybridized carbons (Fsp3) is 0.647. The van der Waals surface area contributed by atoms with Gasteiger partial charge in [0.25, 0.3) is 0 Å². The number of anilines is 1. The average molecular weight is 334 g/mol. The molecule has 1 aliphatic rings. The highest BCUT2D eigenvalue weighted by molar-refractivity contribution is 7.18. The van der Waals surface area contributed by atoms with Crippen LogP contribution in [0.2, 0.25) is 0 Å². The van der Waals surface area contributed by atoms with Gasteiger partial charge in [-0.05, 0) is 25.3 Å². The van der Waals surface area contributed by atoms with Gasteiger partial charge < -0.3 is 10.1 Å². The second-order valence-corrected chi connectivity index (χ2v) is 7.92. The first-order valence-electron chi connectivity index (χ1n) is 8.33. The van der Waals surface area contributed by atoms with Gasteiger partial charge in [0, 0.05) is 31.1 Å². The molecule has 0 radical (unpaired) electrons. The SMILES string of the molecule is Cc1sc2ncnc(NCC3CN(CC(C)C)CCO3)c2c1C. The Morgan fingerprint density at radius 2 is 2.22 bits per heavy atom. The van der Waals surface area contributed by atoms with E-state index in [2.05, 4.69) is 47.9 Å². The molecule has 2 aromatic heterocycles. The Bertz CT molecular complexity index is 670. The van der Waals surface area contributed by atoms with Crippen LogP contribution in [0.25, 0.3) is 10.2 Å². The van der Waals surface area contributed by atoms with Crippen LogP contribution in [-0.2, 0) is 4.74 Å². The Labute approximate surface area is 142 Å². The van der Waals surface area contributed by atoms with E-state index in [0.29, 0.717) is 5.92 Å². The third-order valence-corrected chi connectivity index (χ3v) is 5.42. The monoisotopic (exact) mass is 334 g/mol. The van der Waals surface area contributed by atoms with Gasteiger partial charge >= 0.3 is 0 Å². The van der Waals surface area contributed by atoms with Crippen molar-refractivity contribution in [3.8, 4) is 0 Å². The molecule has 1 saturated heterocycles. The number of hydrogen-bond acceptors (Lipinski definition) is 6. The number of hydrogen-bond donors (Lipinski definition) is 1. The van der Waals surface area contributed by atoms with Gasteiger partial charge in [0.05, 0.1) is 18.1 Å². The molecule has 0 aromatic carbocycles. The van der Waals surface area contributed by atoms with Crippen LogP contribution in [0.3, 0.4) is 0 Å². The van der Waals surface area contributed by atoms with Crippen LogP contribution in [0.1, 0.15) is 24.3 Å². The highest BCUT2D eigenvalue weighted by Crippen LogP contribution is 2.32. The summed E-state index contributed by atoms with van der Waals surface area (Å²) < 4.78 is 5.91. The van der Waals surface area contributed by atoms with Crippen molar-refractivity contribution in [3.05, 3.63) is 16.8 Å². The van der Waals surface area contributed by atoms with Crippen molar-refractivity contribution in [2.75, 3.05) is 38.1 Å². The Balaban J connectivity index is 1.66. The van der Waals surface area contributed by atoms with Crippen molar-refractivity contribution < 1.29 is 4.74 Å². The molecule has 0 spiro atoms. The molecular weight excluding hydrogens is 308 g/mol. The van der Waals surface area contributed by atoms with Crippen LogP contribution in [0.15, 0.2) is 6.33 Å². The van der Waals surface area contributed by atoms with Crippen molar-refractivity contribution in [3.63, 3.8) is 0 Å². The molecule has 0 bridgehead atoms. The predicted molar refractivity (Wildman–Crippen MR) is 96.4 cm³/mol. The van der Waals surface area contributed by atoms with Gasteiger partial charge in [-0.25, -0.2) is 9.97 Å². The molecule has 5 nitrogen and oxygen atoms in total. The zero-order valence-electron chi connectivity index (χ0n) is 14.4. The molecule has 126 valence electrons. The standard InChI is InChI=1S/C17H26N4OS/c1-11(2)8-21-5-6-22-14(9-21)7-18-16-15-12(3)13(4)23-17(15)20-10-19-16/h10-11,14H,5-9H2,1-4H3,(H,18,19,20). The predicted octanol–water partition coefficient (Wildman–Crippen LogP) is 3.08. The van der Waals surface area contributed by atoms with E-state index in [9.17, 15) is 0 Å². The lowest BCUT2D eigenvalue weighted by molar-refractivity contribution is -0.0244. The van der Waals surface area contributed by atoms with Gasteiger partial charge in [-0.15, -0.1) is 11.3 Å². The summed E-state index contributed by atoms with van der Waals surface area (Å²) >= 11 is 1.73. The van der Waals surface area contributed by atoms with E-state index in [1.807, 2.05) is 0 Å². The van der Waals surface area contributed by atoms with Crippen molar-refractivity contribution in [2.24, 2.45) is 5.92 Å². The van der Waals surface area contributed by atoms with Gasteiger partial charge in [-0.3, -0.25) is 4.90 Å². The number of thiophene rings is 1. The summed E-state index contributed by atoms with van der Waals surface area (Å²) in [6.07, 6.45) is 1.86. The van der Waals surface area contributed by atoms with Crippen molar-refractivity contribution in [2.45, 2.75) is 33.8 Å². The van der Waals surface area contributed by atoms with E-state index in [4.69, 9.17) is 4.74 Å². The fourth-order valence-electron chi connectivity index (χ4n) is 3.11. The molecule has 3 heterocycles. The lowest BCUT2D eigenvalue weighted by atomic mass is 10.1. The number of fused-ring (bicyclic) bond motifs is 1. The van der Waals surface area contributed by atoms with E-state index >= 15 is 0 Å². The zero-order valence-corrected chi connectivity index (χ0v) is 15.2. The van der Waals surface area contributed by atoms with Crippen LogP contribution < -0.4 is 5.32 Å². The van der Waals surface area contributed by atoms with Gasteiger partial charge in [-0.1, -0.05) is 13.8 Å². The summed E-state index contributed by atoms with van der Waals surface area (Å²) in [6, 6.07) is 0. The largest absolute Gasteiger partial charge is 0.374 e. The molecule has 0 amide bonds. The Morgan fingerprint density at radius 3 is 3.00 bits per heavy atom. The number of nitrogens with zero attached hydrogens (tertiary/aromatic N) is 3. The second-order valence-electron chi connectivity index (χ2n) is 6.71. The van der Waals surface area contributed by atoms with Crippen molar-refractivity contribution in [1.29, 1.82) is 0 Å². The van der Waals surface area contributed by atoms with Crippen LogP contribution in [0.5, 0.6) is 0 Å². The molecule has 0 saturated carbocycles.